The molecule has 86 valence electrons. The Morgan fingerprint density at radius 2 is 1.69 bits per heavy atom. The standard InChI is InChI=1S/C15H20O/c1-10-4-11(2)6-13(5-10)15(3)7-12(8-15)14-9-16-14/h4-6,12,14H,7-9H2,1-3H3. The summed E-state index contributed by atoms with van der Waals surface area (Å²) in [6.07, 6.45) is 3.21. The molecule has 1 aliphatic carbocycles. The zero-order valence-corrected chi connectivity index (χ0v) is 10.4. The summed E-state index contributed by atoms with van der Waals surface area (Å²) >= 11 is 0. The predicted molar refractivity (Wildman–Crippen MR) is 65.7 cm³/mol. The van der Waals surface area contributed by atoms with E-state index >= 15 is 0 Å². The number of aryl methyl sites for hydroxylation is 2. The van der Waals surface area contributed by atoms with Crippen molar-refractivity contribution in [2.24, 2.45) is 5.92 Å². The summed E-state index contributed by atoms with van der Waals surface area (Å²) in [6, 6.07) is 6.97. The Labute approximate surface area is 97.8 Å². The van der Waals surface area contributed by atoms with E-state index in [1.54, 1.807) is 0 Å². The van der Waals surface area contributed by atoms with Crippen LogP contribution < -0.4 is 0 Å². The Hall–Kier alpha value is -0.820. The first-order chi connectivity index (χ1) is 7.57. The van der Waals surface area contributed by atoms with E-state index in [2.05, 4.69) is 39.0 Å². The molecule has 0 amide bonds. The highest BCUT2D eigenvalue weighted by Gasteiger charge is 2.48. The molecule has 0 aromatic heterocycles. The Bertz CT molecular complexity index is 391. The van der Waals surface area contributed by atoms with Gasteiger partial charge in [-0.25, -0.2) is 0 Å². The molecule has 0 bridgehead atoms. The van der Waals surface area contributed by atoms with Crippen LogP contribution in [0, 0.1) is 19.8 Å². The number of ether oxygens (including phenoxy) is 1. The van der Waals surface area contributed by atoms with Crippen molar-refractivity contribution < 1.29 is 4.74 Å². The number of hydrogen-bond acceptors (Lipinski definition) is 1. The lowest BCUT2D eigenvalue weighted by Crippen LogP contribution is -2.41. The van der Waals surface area contributed by atoms with E-state index < -0.39 is 0 Å². The molecule has 1 saturated carbocycles. The van der Waals surface area contributed by atoms with Crippen LogP contribution in [-0.4, -0.2) is 12.7 Å². The average molecular weight is 216 g/mol. The molecule has 2 aliphatic rings. The fourth-order valence-electron chi connectivity index (χ4n) is 3.25. The van der Waals surface area contributed by atoms with Gasteiger partial charge < -0.3 is 4.74 Å². The number of benzene rings is 1. The highest BCUT2D eigenvalue weighted by Crippen LogP contribution is 2.51. The van der Waals surface area contributed by atoms with Crippen LogP contribution in [0.3, 0.4) is 0 Å². The molecule has 3 rings (SSSR count). The lowest BCUT2D eigenvalue weighted by molar-refractivity contribution is 0.125. The van der Waals surface area contributed by atoms with Gasteiger partial charge in [0.2, 0.25) is 0 Å². The number of hydrogen-bond donors (Lipinski definition) is 0. The Balaban J connectivity index is 1.81. The summed E-state index contributed by atoms with van der Waals surface area (Å²) in [6.45, 7) is 7.80. The van der Waals surface area contributed by atoms with Gasteiger partial charge >= 0.3 is 0 Å². The van der Waals surface area contributed by atoms with Crippen LogP contribution in [0.5, 0.6) is 0 Å². The molecule has 0 radical (unpaired) electrons. The molecule has 1 nitrogen and oxygen atoms in total. The second-order valence-electron chi connectivity index (χ2n) is 5.98. The maximum absolute atomic E-state index is 5.39. The Kier molecular flexibility index (Phi) is 2.16. The summed E-state index contributed by atoms with van der Waals surface area (Å²) in [5.41, 5.74) is 4.72. The minimum atomic E-state index is 0.410. The molecule has 1 saturated heterocycles. The van der Waals surface area contributed by atoms with Crippen LogP contribution in [0.2, 0.25) is 0 Å². The summed E-state index contributed by atoms with van der Waals surface area (Å²) in [7, 11) is 0. The van der Waals surface area contributed by atoms with Gasteiger partial charge in [-0.15, -0.1) is 0 Å². The van der Waals surface area contributed by atoms with Gasteiger partial charge in [0.05, 0.1) is 12.7 Å². The first kappa shape index (κ1) is 10.3. The molecule has 1 atom stereocenters. The first-order valence-corrected chi connectivity index (χ1v) is 6.27. The zero-order chi connectivity index (χ0) is 11.3. The molecule has 16 heavy (non-hydrogen) atoms. The van der Waals surface area contributed by atoms with E-state index in [9.17, 15) is 0 Å². The predicted octanol–water partition coefficient (Wildman–Crippen LogP) is 3.37. The van der Waals surface area contributed by atoms with E-state index in [4.69, 9.17) is 4.74 Å². The largest absolute Gasteiger partial charge is 0.373 e. The molecule has 1 aliphatic heterocycles. The molecule has 1 aromatic rings. The van der Waals surface area contributed by atoms with Gasteiger partial charge in [-0.05, 0) is 43.6 Å². The van der Waals surface area contributed by atoms with Gasteiger partial charge in [0, 0.05) is 0 Å². The molecule has 1 unspecified atom stereocenters. The highest BCUT2D eigenvalue weighted by molar-refractivity contribution is 5.35. The average Bonchev–Trinajstić information content (AvgIpc) is 2.94. The fraction of sp³-hybridized carbons (Fsp3) is 0.600. The third-order valence-electron chi connectivity index (χ3n) is 4.23. The van der Waals surface area contributed by atoms with Crippen molar-refractivity contribution in [3.8, 4) is 0 Å². The van der Waals surface area contributed by atoms with Crippen LogP contribution in [0.4, 0.5) is 0 Å². The minimum Gasteiger partial charge on any atom is -0.373 e. The lowest BCUT2D eigenvalue weighted by Gasteiger charge is -2.45. The summed E-state index contributed by atoms with van der Waals surface area (Å²) in [5.74, 6) is 0.825. The molecule has 1 aromatic carbocycles. The minimum absolute atomic E-state index is 0.410. The smallest absolute Gasteiger partial charge is 0.0838 e. The first-order valence-electron chi connectivity index (χ1n) is 6.27. The van der Waals surface area contributed by atoms with E-state index in [-0.39, 0.29) is 0 Å². The molecule has 1 heteroatoms. The van der Waals surface area contributed by atoms with E-state index in [1.165, 1.54) is 29.5 Å². The molecule has 0 spiro atoms. The van der Waals surface area contributed by atoms with Crippen molar-refractivity contribution in [1.29, 1.82) is 0 Å². The van der Waals surface area contributed by atoms with Gasteiger partial charge in [-0.1, -0.05) is 36.2 Å². The summed E-state index contributed by atoms with van der Waals surface area (Å²) in [5, 5.41) is 0. The van der Waals surface area contributed by atoms with E-state index in [0.29, 0.717) is 11.5 Å². The number of epoxide rings is 1. The van der Waals surface area contributed by atoms with Crippen LogP contribution in [0.15, 0.2) is 18.2 Å². The van der Waals surface area contributed by atoms with Crippen LogP contribution in [0.25, 0.3) is 0 Å². The fourth-order valence-corrected chi connectivity index (χ4v) is 3.25. The normalized spacial score (nSPS) is 36.9. The zero-order valence-electron chi connectivity index (χ0n) is 10.4. The lowest BCUT2D eigenvalue weighted by atomic mass is 9.58. The van der Waals surface area contributed by atoms with Gasteiger partial charge in [0.25, 0.3) is 0 Å². The third kappa shape index (κ3) is 1.67. The maximum Gasteiger partial charge on any atom is 0.0838 e. The molecule has 2 fully saturated rings. The molecule has 0 N–H and O–H groups in total. The van der Waals surface area contributed by atoms with Crippen LogP contribution in [0.1, 0.15) is 36.5 Å². The van der Waals surface area contributed by atoms with Crippen molar-refractivity contribution >= 4 is 0 Å². The van der Waals surface area contributed by atoms with Gasteiger partial charge in [0.1, 0.15) is 0 Å². The molecule has 1 heterocycles. The summed E-state index contributed by atoms with van der Waals surface area (Å²) in [4.78, 5) is 0. The van der Waals surface area contributed by atoms with Crippen molar-refractivity contribution in [2.45, 2.75) is 45.1 Å². The SMILES string of the molecule is Cc1cc(C)cc(C2(C)CC(C3CO3)C2)c1. The van der Waals surface area contributed by atoms with Gasteiger partial charge in [-0.3, -0.25) is 0 Å². The topological polar surface area (TPSA) is 12.5 Å². The van der Waals surface area contributed by atoms with Crippen molar-refractivity contribution in [3.05, 3.63) is 34.9 Å². The van der Waals surface area contributed by atoms with Crippen molar-refractivity contribution in [3.63, 3.8) is 0 Å². The molecular weight excluding hydrogens is 196 g/mol. The summed E-state index contributed by atoms with van der Waals surface area (Å²) < 4.78 is 5.39. The monoisotopic (exact) mass is 216 g/mol. The van der Waals surface area contributed by atoms with Gasteiger partial charge in [0.15, 0.2) is 0 Å². The van der Waals surface area contributed by atoms with E-state index in [1.807, 2.05) is 0 Å². The third-order valence-corrected chi connectivity index (χ3v) is 4.23. The molecular formula is C15H20O. The number of rotatable bonds is 2. The second kappa shape index (κ2) is 3.33. The van der Waals surface area contributed by atoms with Crippen molar-refractivity contribution in [2.75, 3.05) is 6.61 Å². The van der Waals surface area contributed by atoms with E-state index in [0.717, 1.165) is 12.5 Å². The van der Waals surface area contributed by atoms with Gasteiger partial charge in [-0.2, -0.15) is 0 Å². The maximum atomic E-state index is 5.39. The Morgan fingerprint density at radius 1 is 1.12 bits per heavy atom. The highest BCUT2D eigenvalue weighted by atomic mass is 16.6. The van der Waals surface area contributed by atoms with Crippen LogP contribution >= 0.6 is 0 Å². The van der Waals surface area contributed by atoms with Crippen LogP contribution in [-0.2, 0) is 10.2 Å². The quantitative estimate of drug-likeness (QED) is 0.690. The van der Waals surface area contributed by atoms with Crippen molar-refractivity contribution in [1.82, 2.24) is 0 Å². The second-order valence-corrected chi connectivity index (χ2v) is 5.98. The Morgan fingerprint density at radius 3 is 2.19 bits per heavy atom.